The van der Waals surface area contributed by atoms with Crippen LogP contribution in [0.2, 0.25) is 0 Å². The molecule has 3 nitrogen and oxygen atoms in total. The summed E-state index contributed by atoms with van der Waals surface area (Å²) in [5, 5.41) is 13.7. The topological polar surface area (TPSA) is 41.5 Å². The number of hydrogen-bond acceptors (Lipinski definition) is 5. The van der Waals surface area contributed by atoms with Gasteiger partial charge in [-0.3, -0.25) is 0 Å². The Kier molecular flexibility index (Phi) is 7.88. The molecule has 21 heavy (non-hydrogen) atoms. The highest BCUT2D eigenvalue weighted by Gasteiger charge is 2.14. The average molecular weight is 331 g/mol. The van der Waals surface area contributed by atoms with Crippen LogP contribution in [0.4, 0.5) is 4.39 Å². The Morgan fingerprint density at radius 1 is 1.38 bits per heavy atom. The molecule has 2 N–H and O–H groups in total. The Labute approximate surface area is 134 Å². The highest BCUT2D eigenvalue weighted by atomic mass is 32.2. The van der Waals surface area contributed by atoms with E-state index >= 15 is 0 Å². The minimum atomic E-state index is -0.557. The number of hydrogen-bond donors (Lipinski definition) is 2. The van der Waals surface area contributed by atoms with Crippen molar-refractivity contribution in [1.82, 2.24) is 5.32 Å². The number of halogens is 1. The van der Waals surface area contributed by atoms with Gasteiger partial charge in [0, 0.05) is 41.2 Å². The predicted octanol–water partition coefficient (Wildman–Crippen LogP) is 2.14. The Balaban J connectivity index is 1.55. The lowest BCUT2D eigenvalue weighted by atomic mass is 10.2. The Morgan fingerprint density at radius 2 is 2.24 bits per heavy atom. The largest absolute Gasteiger partial charge is 0.389 e. The third kappa shape index (κ3) is 6.57. The van der Waals surface area contributed by atoms with Crippen molar-refractivity contribution in [2.75, 3.05) is 37.0 Å². The van der Waals surface area contributed by atoms with Gasteiger partial charge in [-0.15, -0.1) is 0 Å². The maximum Gasteiger partial charge on any atom is 0.128 e. The van der Waals surface area contributed by atoms with Gasteiger partial charge in [-0.1, -0.05) is 18.2 Å². The molecule has 0 bridgehead atoms. The van der Waals surface area contributed by atoms with E-state index in [0.717, 1.165) is 6.54 Å². The molecule has 0 aliphatic carbocycles. The molecule has 2 atom stereocenters. The van der Waals surface area contributed by atoms with Crippen LogP contribution in [-0.4, -0.2) is 53.4 Å². The Bertz CT molecular complexity index is 416. The Hall–Kier alpha value is -0.270. The van der Waals surface area contributed by atoms with Gasteiger partial charge in [0.15, 0.2) is 0 Å². The highest BCUT2D eigenvalue weighted by Crippen LogP contribution is 2.23. The molecule has 0 aromatic heterocycles. The van der Waals surface area contributed by atoms with Crippen molar-refractivity contribution < 1.29 is 14.2 Å². The van der Waals surface area contributed by atoms with Crippen molar-refractivity contribution >= 4 is 23.5 Å². The van der Waals surface area contributed by atoms with Crippen molar-refractivity contribution in [3.63, 3.8) is 0 Å². The predicted molar refractivity (Wildman–Crippen MR) is 88.5 cm³/mol. The number of benzene rings is 1. The molecule has 1 saturated heterocycles. The van der Waals surface area contributed by atoms with E-state index in [2.05, 4.69) is 5.32 Å². The molecule has 118 valence electrons. The molecular formula is C15H22FNO2S2. The summed E-state index contributed by atoms with van der Waals surface area (Å²) >= 11 is 3.98. The zero-order chi connectivity index (χ0) is 14.9. The fourth-order valence-corrected chi connectivity index (χ4v) is 4.69. The first kappa shape index (κ1) is 17.1. The fraction of sp³-hybridized carbons (Fsp3) is 0.600. The molecule has 0 saturated carbocycles. The first-order chi connectivity index (χ1) is 10.3. The molecule has 6 heteroatoms. The van der Waals surface area contributed by atoms with Crippen LogP contribution in [0.1, 0.15) is 5.56 Å². The van der Waals surface area contributed by atoms with Crippen molar-refractivity contribution in [1.29, 1.82) is 0 Å². The maximum atomic E-state index is 13.4. The SMILES string of the molecule is OC(CNCC1CSCCS1)COCc1ccccc1F. The van der Waals surface area contributed by atoms with Gasteiger partial charge < -0.3 is 15.2 Å². The van der Waals surface area contributed by atoms with Crippen LogP contribution in [0.15, 0.2) is 24.3 Å². The summed E-state index contributed by atoms with van der Waals surface area (Å²) < 4.78 is 18.7. The van der Waals surface area contributed by atoms with Crippen LogP contribution in [0.5, 0.6) is 0 Å². The zero-order valence-corrected chi connectivity index (χ0v) is 13.6. The van der Waals surface area contributed by atoms with Crippen molar-refractivity contribution in [2.45, 2.75) is 18.0 Å². The highest BCUT2D eigenvalue weighted by molar-refractivity contribution is 8.06. The van der Waals surface area contributed by atoms with E-state index in [-0.39, 0.29) is 19.0 Å². The molecule has 0 radical (unpaired) electrons. The monoisotopic (exact) mass is 331 g/mol. The maximum absolute atomic E-state index is 13.4. The van der Waals surface area contributed by atoms with Crippen LogP contribution >= 0.6 is 23.5 Å². The number of aliphatic hydroxyl groups excluding tert-OH is 1. The van der Waals surface area contributed by atoms with Gasteiger partial charge in [-0.05, 0) is 6.07 Å². The quantitative estimate of drug-likeness (QED) is 0.764. The standard InChI is InChI=1S/C15H22FNO2S2/c16-15-4-2-1-3-12(15)9-19-10-13(18)7-17-8-14-11-20-5-6-21-14/h1-4,13-14,17-18H,5-11H2. The molecule has 1 heterocycles. The molecule has 1 aromatic rings. The van der Waals surface area contributed by atoms with Gasteiger partial charge in [0.05, 0.1) is 19.3 Å². The van der Waals surface area contributed by atoms with E-state index in [9.17, 15) is 9.50 Å². The van der Waals surface area contributed by atoms with E-state index < -0.39 is 6.10 Å². The molecule has 1 fully saturated rings. The molecule has 2 unspecified atom stereocenters. The van der Waals surface area contributed by atoms with E-state index in [4.69, 9.17) is 4.74 Å². The zero-order valence-electron chi connectivity index (χ0n) is 12.0. The summed E-state index contributed by atoms with van der Waals surface area (Å²) in [5.74, 6) is 3.37. The van der Waals surface area contributed by atoms with Crippen molar-refractivity contribution in [2.24, 2.45) is 0 Å². The first-order valence-corrected chi connectivity index (χ1v) is 9.35. The number of aliphatic hydroxyl groups is 1. The first-order valence-electron chi connectivity index (χ1n) is 7.15. The summed E-state index contributed by atoms with van der Waals surface area (Å²) in [6.07, 6.45) is -0.557. The minimum Gasteiger partial charge on any atom is -0.389 e. The second-order valence-corrected chi connectivity index (χ2v) is 7.54. The minimum absolute atomic E-state index is 0.193. The smallest absolute Gasteiger partial charge is 0.128 e. The number of ether oxygens (including phenoxy) is 1. The van der Waals surface area contributed by atoms with Gasteiger partial charge in [0.2, 0.25) is 0 Å². The lowest BCUT2D eigenvalue weighted by molar-refractivity contribution is 0.0280. The lowest BCUT2D eigenvalue weighted by Gasteiger charge is -2.22. The van der Waals surface area contributed by atoms with E-state index in [1.807, 2.05) is 23.5 Å². The summed E-state index contributed by atoms with van der Waals surface area (Å²) in [7, 11) is 0. The van der Waals surface area contributed by atoms with Gasteiger partial charge in [-0.2, -0.15) is 23.5 Å². The molecule has 0 amide bonds. The normalized spacial score (nSPS) is 20.4. The third-order valence-corrected chi connectivity index (χ3v) is 6.01. The Morgan fingerprint density at radius 3 is 3.00 bits per heavy atom. The van der Waals surface area contributed by atoms with Gasteiger partial charge in [0.25, 0.3) is 0 Å². The summed E-state index contributed by atoms with van der Waals surface area (Å²) in [6, 6.07) is 6.53. The molecular weight excluding hydrogens is 309 g/mol. The molecule has 1 aliphatic rings. The second-order valence-electron chi connectivity index (χ2n) is 4.99. The van der Waals surface area contributed by atoms with E-state index in [0.29, 0.717) is 17.4 Å². The van der Waals surface area contributed by atoms with Crippen LogP contribution < -0.4 is 5.32 Å². The second kappa shape index (κ2) is 9.69. The summed E-state index contributed by atoms with van der Waals surface area (Å²) in [5.41, 5.74) is 0.522. The van der Waals surface area contributed by atoms with Crippen LogP contribution in [0, 0.1) is 5.82 Å². The number of rotatable bonds is 8. The van der Waals surface area contributed by atoms with Crippen LogP contribution in [0.25, 0.3) is 0 Å². The summed E-state index contributed by atoms with van der Waals surface area (Å²) in [6.45, 7) is 1.84. The lowest BCUT2D eigenvalue weighted by Crippen LogP contribution is -2.36. The molecule has 1 aliphatic heterocycles. The number of thioether (sulfide) groups is 2. The van der Waals surface area contributed by atoms with Crippen molar-refractivity contribution in [3.05, 3.63) is 35.6 Å². The van der Waals surface area contributed by atoms with Gasteiger partial charge >= 0.3 is 0 Å². The third-order valence-electron chi connectivity index (χ3n) is 3.16. The number of nitrogens with one attached hydrogen (secondary N) is 1. The van der Waals surface area contributed by atoms with E-state index in [1.54, 1.807) is 18.2 Å². The molecule has 2 rings (SSSR count). The fourth-order valence-electron chi connectivity index (χ4n) is 2.04. The van der Waals surface area contributed by atoms with E-state index in [1.165, 1.54) is 23.3 Å². The van der Waals surface area contributed by atoms with Crippen LogP contribution in [0.3, 0.4) is 0 Å². The summed E-state index contributed by atoms with van der Waals surface area (Å²) in [4.78, 5) is 0. The average Bonchev–Trinajstić information content (AvgIpc) is 2.50. The molecule has 1 aromatic carbocycles. The van der Waals surface area contributed by atoms with Gasteiger partial charge in [-0.25, -0.2) is 4.39 Å². The van der Waals surface area contributed by atoms with Crippen LogP contribution in [-0.2, 0) is 11.3 Å². The van der Waals surface area contributed by atoms with Gasteiger partial charge in [0.1, 0.15) is 5.82 Å². The van der Waals surface area contributed by atoms with Crippen molar-refractivity contribution in [3.8, 4) is 0 Å². The molecule has 0 spiro atoms.